The van der Waals surface area contributed by atoms with Gasteiger partial charge in [-0.1, -0.05) is 30.3 Å². The number of carbonyl (C=O) groups is 2. The summed E-state index contributed by atoms with van der Waals surface area (Å²) in [4.78, 5) is 36.9. The van der Waals surface area contributed by atoms with Crippen LogP contribution >= 0.6 is 0 Å². The van der Waals surface area contributed by atoms with E-state index in [1.54, 1.807) is 6.33 Å². The third kappa shape index (κ3) is 3.26. The molecule has 1 fully saturated rings. The number of H-pyrrole nitrogens is 1. The van der Waals surface area contributed by atoms with E-state index in [0.717, 1.165) is 16.6 Å². The van der Waals surface area contributed by atoms with Crippen molar-refractivity contribution in [3.8, 4) is 0 Å². The number of nitrogens with one attached hydrogen (secondary N) is 1. The molecule has 0 unspecified atom stereocenters. The van der Waals surface area contributed by atoms with Gasteiger partial charge in [0.1, 0.15) is 0 Å². The summed E-state index contributed by atoms with van der Waals surface area (Å²) >= 11 is 0. The molecule has 1 aromatic heterocycles. The SMILES string of the molecule is CC(C)(C(=O)N1CCN(C(=O)c2ccc3nc[nH]c3c2)CC1)c1ccccc1. The Hall–Kier alpha value is -3.15. The molecule has 0 atom stereocenters. The van der Waals surface area contributed by atoms with Crippen LogP contribution in [-0.4, -0.2) is 57.8 Å². The maximum atomic E-state index is 13.1. The van der Waals surface area contributed by atoms with Gasteiger partial charge in [0.05, 0.1) is 22.8 Å². The van der Waals surface area contributed by atoms with E-state index in [9.17, 15) is 9.59 Å². The average Bonchev–Trinajstić information content (AvgIpc) is 3.21. The van der Waals surface area contributed by atoms with Gasteiger partial charge in [0, 0.05) is 31.7 Å². The van der Waals surface area contributed by atoms with Gasteiger partial charge in [-0.05, 0) is 37.6 Å². The highest BCUT2D eigenvalue weighted by molar-refractivity contribution is 5.97. The summed E-state index contributed by atoms with van der Waals surface area (Å²) in [5, 5.41) is 0. The Labute approximate surface area is 164 Å². The van der Waals surface area contributed by atoms with Crippen molar-refractivity contribution in [1.82, 2.24) is 19.8 Å². The predicted molar refractivity (Wildman–Crippen MR) is 108 cm³/mol. The van der Waals surface area contributed by atoms with Gasteiger partial charge in [-0.15, -0.1) is 0 Å². The van der Waals surface area contributed by atoms with Gasteiger partial charge >= 0.3 is 0 Å². The van der Waals surface area contributed by atoms with E-state index in [-0.39, 0.29) is 11.8 Å². The number of amides is 2. The zero-order valence-electron chi connectivity index (χ0n) is 16.2. The molecule has 0 bridgehead atoms. The summed E-state index contributed by atoms with van der Waals surface area (Å²) in [5.74, 6) is 0.0931. The Morgan fingerprint density at radius 1 is 0.964 bits per heavy atom. The average molecular weight is 376 g/mol. The summed E-state index contributed by atoms with van der Waals surface area (Å²) in [6.07, 6.45) is 1.62. The van der Waals surface area contributed by atoms with Gasteiger partial charge in [-0.3, -0.25) is 9.59 Å². The van der Waals surface area contributed by atoms with Crippen molar-refractivity contribution < 1.29 is 9.59 Å². The van der Waals surface area contributed by atoms with Gasteiger partial charge in [-0.25, -0.2) is 4.98 Å². The normalized spacial score (nSPS) is 15.1. The summed E-state index contributed by atoms with van der Waals surface area (Å²) < 4.78 is 0. The molecule has 0 radical (unpaired) electrons. The summed E-state index contributed by atoms with van der Waals surface area (Å²) in [5.41, 5.74) is 2.76. The molecule has 1 saturated heterocycles. The Morgan fingerprint density at radius 3 is 2.36 bits per heavy atom. The maximum Gasteiger partial charge on any atom is 0.254 e. The van der Waals surface area contributed by atoms with Crippen molar-refractivity contribution in [3.63, 3.8) is 0 Å². The van der Waals surface area contributed by atoms with Crippen LogP contribution < -0.4 is 0 Å². The number of rotatable bonds is 3. The van der Waals surface area contributed by atoms with Crippen molar-refractivity contribution >= 4 is 22.8 Å². The van der Waals surface area contributed by atoms with Crippen molar-refractivity contribution in [2.45, 2.75) is 19.3 Å². The first-order valence-electron chi connectivity index (χ1n) is 9.54. The minimum atomic E-state index is -0.584. The number of piperazine rings is 1. The van der Waals surface area contributed by atoms with E-state index >= 15 is 0 Å². The minimum absolute atomic E-state index is 0.00841. The van der Waals surface area contributed by atoms with Crippen molar-refractivity contribution in [3.05, 3.63) is 66.0 Å². The Kier molecular flexibility index (Phi) is 4.63. The summed E-state index contributed by atoms with van der Waals surface area (Å²) in [7, 11) is 0. The first-order valence-corrected chi connectivity index (χ1v) is 9.54. The van der Waals surface area contributed by atoms with Crippen LogP contribution in [0.3, 0.4) is 0 Å². The third-order valence-corrected chi connectivity index (χ3v) is 5.55. The van der Waals surface area contributed by atoms with Crippen molar-refractivity contribution in [1.29, 1.82) is 0 Å². The third-order valence-electron chi connectivity index (χ3n) is 5.55. The van der Waals surface area contributed by atoms with Crippen LogP contribution in [0.5, 0.6) is 0 Å². The van der Waals surface area contributed by atoms with E-state index < -0.39 is 5.41 Å². The number of hydrogen-bond donors (Lipinski definition) is 1. The lowest BCUT2D eigenvalue weighted by Gasteiger charge is -2.38. The number of fused-ring (bicyclic) bond motifs is 1. The zero-order valence-corrected chi connectivity index (χ0v) is 16.2. The molecule has 0 spiro atoms. The number of nitrogens with zero attached hydrogens (tertiary/aromatic N) is 3. The monoisotopic (exact) mass is 376 g/mol. The van der Waals surface area contributed by atoms with Crippen LogP contribution in [0.1, 0.15) is 29.8 Å². The smallest absolute Gasteiger partial charge is 0.254 e. The lowest BCUT2D eigenvalue weighted by Crippen LogP contribution is -2.54. The van der Waals surface area contributed by atoms with Gasteiger partial charge in [0.25, 0.3) is 5.91 Å². The number of benzene rings is 2. The largest absolute Gasteiger partial charge is 0.345 e. The first kappa shape index (κ1) is 18.2. The molecule has 0 saturated carbocycles. The Balaban J connectivity index is 1.42. The topological polar surface area (TPSA) is 69.3 Å². The maximum absolute atomic E-state index is 13.1. The van der Waals surface area contributed by atoms with Crippen LogP contribution in [0, 0.1) is 0 Å². The lowest BCUT2D eigenvalue weighted by molar-refractivity contribution is -0.137. The molecule has 3 aromatic rings. The molecule has 0 aliphatic carbocycles. The first-order chi connectivity index (χ1) is 13.5. The molecule has 28 heavy (non-hydrogen) atoms. The molecule has 2 heterocycles. The number of aromatic amines is 1. The second-order valence-electron chi connectivity index (χ2n) is 7.71. The van der Waals surface area contributed by atoms with Crippen LogP contribution in [0.25, 0.3) is 11.0 Å². The summed E-state index contributed by atoms with van der Waals surface area (Å²) in [6, 6.07) is 15.3. The number of aromatic nitrogens is 2. The zero-order chi connectivity index (χ0) is 19.7. The second kappa shape index (κ2) is 7.11. The second-order valence-corrected chi connectivity index (χ2v) is 7.71. The van der Waals surface area contributed by atoms with Gasteiger partial charge in [-0.2, -0.15) is 0 Å². The van der Waals surface area contributed by atoms with Gasteiger partial charge in [0.2, 0.25) is 5.91 Å². The molecular weight excluding hydrogens is 352 g/mol. The standard InChI is InChI=1S/C22H24N4O2/c1-22(2,17-6-4-3-5-7-17)21(28)26-12-10-25(11-13-26)20(27)16-8-9-18-19(14-16)24-15-23-18/h3-9,14-15H,10-13H2,1-2H3,(H,23,24). The molecule has 6 nitrogen and oxygen atoms in total. The number of carbonyl (C=O) groups excluding carboxylic acids is 2. The quantitative estimate of drug-likeness (QED) is 0.764. The fourth-order valence-corrected chi connectivity index (χ4v) is 3.74. The predicted octanol–water partition coefficient (Wildman–Crippen LogP) is 2.83. The molecule has 144 valence electrons. The minimum Gasteiger partial charge on any atom is -0.345 e. The number of imidazole rings is 1. The summed E-state index contributed by atoms with van der Waals surface area (Å²) in [6.45, 7) is 6.09. The molecule has 1 aliphatic heterocycles. The van der Waals surface area contributed by atoms with Crippen molar-refractivity contribution in [2.24, 2.45) is 0 Å². The fraction of sp³-hybridized carbons (Fsp3) is 0.318. The van der Waals surface area contributed by atoms with Crippen LogP contribution in [0.2, 0.25) is 0 Å². The highest BCUT2D eigenvalue weighted by Crippen LogP contribution is 2.26. The van der Waals surface area contributed by atoms with Crippen LogP contribution in [0.4, 0.5) is 0 Å². The van der Waals surface area contributed by atoms with Crippen molar-refractivity contribution in [2.75, 3.05) is 26.2 Å². The lowest BCUT2D eigenvalue weighted by atomic mass is 9.83. The number of hydrogen-bond acceptors (Lipinski definition) is 3. The molecule has 1 N–H and O–H groups in total. The highest BCUT2D eigenvalue weighted by atomic mass is 16.2. The van der Waals surface area contributed by atoms with E-state index in [0.29, 0.717) is 31.7 Å². The van der Waals surface area contributed by atoms with E-state index in [4.69, 9.17) is 0 Å². The van der Waals surface area contributed by atoms with Gasteiger partial charge < -0.3 is 14.8 Å². The molecule has 6 heteroatoms. The van der Waals surface area contributed by atoms with E-state index in [2.05, 4.69) is 9.97 Å². The van der Waals surface area contributed by atoms with Crippen LogP contribution in [0.15, 0.2) is 54.9 Å². The molecular formula is C22H24N4O2. The molecule has 2 aromatic carbocycles. The fourth-order valence-electron chi connectivity index (χ4n) is 3.74. The van der Waals surface area contributed by atoms with Crippen LogP contribution in [-0.2, 0) is 10.2 Å². The van der Waals surface area contributed by atoms with E-state index in [1.807, 2.05) is 72.2 Å². The highest BCUT2D eigenvalue weighted by Gasteiger charge is 2.35. The molecule has 4 rings (SSSR count). The Bertz CT molecular complexity index is 1000. The van der Waals surface area contributed by atoms with Gasteiger partial charge in [0.15, 0.2) is 0 Å². The van der Waals surface area contributed by atoms with E-state index in [1.165, 1.54) is 0 Å². The molecule has 2 amide bonds. The Morgan fingerprint density at radius 2 is 1.64 bits per heavy atom. The molecule has 1 aliphatic rings.